The van der Waals surface area contributed by atoms with E-state index in [4.69, 9.17) is 10.7 Å². The Morgan fingerprint density at radius 3 is 2.32 bits per heavy atom. The molecule has 0 spiro atoms. The smallest absolute Gasteiger partial charge is 0.271 e. The minimum Gasteiger partial charge on any atom is -0.271 e. The van der Waals surface area contributed by atoms with E-state index >= 15 is 0 Å². The lowest BCUT2D eigenvalue weighted by molar-refractivity contribution is -0.137. The standard InChI is InChI=1S/C23H17ClF3NO2S/c24-31(29,30)28-19-6-3-4-15(12-19)13-22-20-7-2-1-5-16(20)8-9-17-14-18(23(25,26)27)10-11-21(17)22/h1-7,10-14,28H,8-9H2/b22-13-. The molecule has 8 heteroatoms. The molecule has 3 aromatic carbocycles. The van der Waals surface area contributed by atoms with E-state index in [1.54, 1.807) is 24.3 Å². The van der Waals surface area contributed by atoms with Crippen molar-refractivity contribution in [2.75, 3.05) is 4.72 Å². The van der Waals surface area contributed by atoms with Gasteiger partial charge >= 0.3 is 15.4 Å². The third-order valence-electron chi connectivity index (χ3n) is 5.13. The molecule has 0 aliphatic heterocycles. The maximum Gasteiger partial charge on any atom is 0.416 e. The molecule has 0 amide bonds. The Morgan fingerprint density at radius 1 is 0.871 bits per heavy atom. The largest absolute Gasteiger partial charge is 0.416 e. The van der Waals surface area contributed by atoms with Gasteiger partial charge in [0.1, 0.15) is 0 Å². The van der Waals surface area contributed by atoms with Gasteiger partial charge in [0.25, 0.3) is 0 Å². The molecule has 0 fully saturated rings. The van der Waals surface area contributed by atoms with Crippen molar-refractivity contribution < 1.29 is 21.6 Å². The van der Waals surface area contributed by atoms with Crippen LogP contribution in [0.25, 0.3) is 11.6 Å². The van der Waals surface area contributed by atoms with E-state index in [0.29, 0.717) is 29.7 Å². The Bertz CT molecular complexity index is 1280. The summed E-state index contributed by atoms with van der Waals surface area (Å²) in [5, 5.41) is 0. The molecule has 3 nitrogen and oxygen atoms in total. The van der Waals surface area contributed by atoms with Crippen LogP contribution in [0.15, 0.2) is 66.7 Å². The number of benzene rings is 3. The predicted octanol–water partition coefficient (Wildman–Crippen LogP) is 6.29. The van der Waals surface area contributed by atoms with Crippen molar-refractivity contribution >= 4 is 37.3 Å². The average Bonchev–Trinajstić information content (AvgIpc) is 2.83. The van der Waals surface area contributed by atoms with E-state index in [9.17, 15) is 21.6 Å². The molecule has 0 saturated heterocycles. The van der Waals surface area contributed by atoms with Crippen molar-refractivity contribution in [1.29, 1.82) is 0 Å². The number of alkyl halides is 3. The third kappa shape index (κ3) is 4.94. The lowest BCUT2D eigenvalue weighted by atomic mass is 9.91. The summed E-state index contributed by atoms with van der Waals surface area (Å²) in [6, 6.07) is 18.2. The second-order valence-electron chi connectivity index (χ2n) is 7.25. The van der Waals surface area contributed by atoms with Crippen LogP contribution >= 0.6 is 10.7 Å². The van der Waals surface area contributed by atoms with Crippen molar-refractivity contribution in [3.05, 3.63) is 100 Å². The molecule has 0 heterocycles. The van der Waals surface area contributed by atoms with Gasteiger partial charge in [-0.05, 0) is 76.6 Å². The molecular formula is C23H17ClF3NO2S. The molecule has 31 heavy (non-hydrogen) atoms. The maximum absolute atomic E-state index is 13.3. The zero-order valence-electron chi connectivity index (χ0n) is 16.1. The number of aryl methyl sites for hydroxylation is 2. The number of hydrogen-bond donors (Lipinski definition) is 1. The van der Waals surface area contributed by atoms with E-state index in [-0.39, 0.29) is 0 Å². The number of anilines is 1. The highest BCUT2D eigenvalue weighted by Gasteiger charge is 2.31. The molecule has 0 radical (unpaired) electrons. The van der Waals surface area contributed by atoms with E-state index in [2.05, 4.69) is 4.72 Å². The lowest BCUT2D eigenvalue weighted by Gasteiger charge is -2.15. The molecule has 160 valence electrons. The molecule has 0 bridgehead atoms. The van der Waals surface area contributed by atoms with Crippen LogP contribution < -0.4 is 4.72 Å². The quantitative estimate of drug-likeness (QED) is 0.464. The van der Waals surface area contributed by atoms with E-state index < -0.39 is 21.0 Å². The van der Waals surface area contributed by atoms with Gasteiger partial charge in [0, 0.05) is 10.7 Å². The van der Waals surface area contributed by atoms with E-state index in [0.717, 1.165) is 28.3 Å². The summed E-state index contributed by atoms with van der Waals surface area (Å²) in [4.78, 5) is 0. The van der Waals surface area contributed by atoms with Crippen LogP contribution in [0, 0.1) is 0 Å². The Morgan fingerprint density at radius 2 is 1.58 bits per heavy atom. The van der Waals surface area contributed by atoms with Crippen molar-refractivity contribution in [2.24, 2.45) is 0 Å². The topological polar surface area (TPSA) is 46.2 Å². The molecule has 1 N–H and O–H groups in total. The summed E-state index contributed by atoms with van der Waals surface area (Å²) in [6.07, 6.45) is -1.46. The summed E-state index contributed by atoms with van der Waals surface area (Å²) in [5.74, 6) is 0. The fourth-order valence-electron chi connectivity index (χ4n) is 3.81. The zero-order chi connectivity index (χ0) is 22.2. The molecular weight excluding hydrogens is 447 g/mol. The van der Waals surface area contributed by atoms with Crippen LogP contribution in [-0.2, 0) is 28.3 Å². The number of halogens is 4. The van der Waals surface area contributed by atoms with Crippen LogP contribution in [0.2, 0.25) is 0 Å². The number of nitrogens with one attached hydrogen (secondary N) is 1. The van der Waals surface area contributed by atoms with E-state index in [1.807, 2.05) is 30.3 Å². The Labute approximate surface area is 182 Å². The van der Waals surface area contributed by atoms with Gasteiger partial charge in [-0.1, -0.05) is 42.5 Å². The monoisotopic (exact) mass is 463 g/mol. The molecule has 0 aromatic heterocycles. The van der Waals surface area contributed by atoms with Crippen molar-refractivity contribution in [2.45, 2.75) is 19.0 Å². The van der Waals surface area contributed by atoms with Gasteiger partial charge in [0.2, 0.25) is 0 Å². The van der Waals surface area contributed by atoms with Crippen molar-refractivity contribution in [1.82, 2.24) is 0 Å². The first kappa shape index (κ1) is 21.5. The van der Waals surface area contributed by atoms with Crippen LogP contribution in [-0.4, -0.2) is 8.42 Å². The summed E-state index contributed by atoms with van der Waals surface area (Å²) < 4.78 is 64.7. The first-order valence-electron chi connectivity index (χ1n) is 9.43. The maximum atomic E-state index is 13.3. The first-order valence-corrected chi connectivity index (χ1v) is 11.7. The normalized spacial score (nSPS) is 15.2. The third-order valence-corrected chi connectivity index (χ3v) is 5.84. The fourth-order valence-corrected chi connectivity index (χ4v) is 4.49. The Hall–Kier alpha value is -2.77. The molecule has 4 rings (SSSR count). The van der Waals surface area contributed by atoms with Gasteiger partial charge in [-0.3, -0.25) is 4.72 Å². The Kier molecular flexibility index (Phi) is 5.58. The molecule has 0 unspecified atom stereocenters. The second-order valence-corrected chi connectivity index (χ2v) is 9.55. The average molecular weight is 464 g/mol. The summed E-state index contributed by atoms with van der Waals surface area (Å²) in [7, 11) is 1.32. The molecule has 0 saturated carbocycles. The number of rotatable bonds is 3. The van der Waals surface area contributed by atoms with Gasteiger partial charge in [-0.2, -0.15) is 21.6 Å². The lowest BCUT2D eigenvalue weighted by Crippen LogP contribution is -2.06. The van der Waals surface area contributed by atoms with Gasteiger partial charge in [0.15, 0.2) is 0 Å². The predicted molar refractivity (Wildman–Crippen MR) is 117 cm³/mol. The minimum absolute atomic E-state index is 0.291. The van der Waals surface area contributed by atoms with Gasteiger partial charge in [-0.25, -0.2) is 0 Å². The van der Waals surface area contributed by atoms with Crippen LogP contribution in [0.5, 0.6) is 0 Å². The number of fused-ring (bicyclic) bond motifs is 2. The molecule has 0 atom stereocenters. The summed E-state index contributed by atoms with van der Waals surface area (Å²) in [5.41, 5.74) is 4.40. The first-order chi connectivity index (χ1) is 14.6. The zero-order valence-corrected chi connectivity index (χ0v) is 17.7. The van der Waals surface area contributed by atoms with E-state index in [1.165, 1.54) is 12.1 Å². The molecule has 1 aliphatic carbocycles. The SMILES string of the molecule is O=S(=O)(Cl)Nc1cccc(/C=C2/c3ccccc3CCc3cc(C(F)(F)F)ccc32)c1. The highest BCUT2D eigenvalue weighted by atomic mass is 35.7. The van der Waals surface area contributed by atoms with Crippen LogP contribution in [0.3, 0.4) is 0 Å². The van der Waals surface area contributed by atoms with Crippen molar-refractivity contribution in [3.8, 4) is 0 Å². The van der Waals surface area contributed by atoms with Crippen molar-refractivity contribution in [3.63, 3.8) is 0 Å². The second kappa shape index (κ2) is 8.05. The minimum atomic E-state index is -4.41. The van der Waals surface area contributed by atoms with Gasteiger partial charge < -0.3 is 0 Å². The van der Waals surface area contributed by atoms with Crippen LogP contribution in [0.4, 0.5) is 18.9 Å². The van der Waals surface area contributed by atoms with Gasteiger partial charge in [0.05, 0.1) is 11.3 Å². The van der Waals surface area contributed by atoms with Gasteiger partial charge in [-0.15, -0.1) is 0 Å². The molecule has 1 aliphatic rings. The molecule has 3 aromatic rings. The van der Waals surface area contributed by atoms with Crippen LogP contribution in [0.1, 0.15) is 33.4 Å². The highest BCUT2D eigenvalue weighted by molar-refractivity contribution is 8.14. The fraction of sp³-hybridized carbons (Fsp3) is 0.130. The summed E-state index contributed by atoms with van der Waals surface area (Å²) >= 11 is 0. The number of hydrogen-bond acceptors (Lipinski definition) is 2. The highest BCUT2D eigenvalue weighted by Crippen LogP contribution is 2.38. The summed E-state index contributed by atoms with van der Waals surface area (Å²) in [6.45, 7) is 0. The Balaban J connectivity index is 1.88.